The number of rotatable bonds is 3. The minimum absolute atomic E-state index is 0.0758. The largest absolute Gasteiger partial charge is 0.517 e. The number of allylic oxidation sites excluding steroid dienone is 1. The smallest absolute Gasteiger partial charge is 0.459 e. The molecule has 0 fully saturated rings. The van der Waals surface area contributed by atoms with E-state index in [1.807, 2.05) is 12.0 Å². The highest BCUT2D eigenvalue weighted by molar-refractivity contribution is 7.90. The lowest BCUT2D eigenvalue weighted by Crippen LogP contribution is -2.38. The summed E-state index contributed by atoms with van der Waals surface area (Å²) in [4.78, 5) is 10.7. The third-order valence-corrected chi connectivity index (χ3v) is 3.23. The fourth-order valence-corrected chi connectivity index (χ4v) is 1.61. The Morgan fingerprint density at radius 3 is 2.33 bits per heavy atom. The molecule has 0 aromatic heterocycles. The van der Waals surface area contributed by atoms with E-state index in [9.17, 15) is 26.4 Å². The number of methoxy groups -OCH3 is 1. The molecule has 0 atom stereocenters. The highest BCUT2D eigenvalue weighted by atomic mass is 32.2. The van der Waals surface area contributed by atoms with Crippen molar-refractivity contribution in [3.63, 3.8) is 0 Å². The molecule has 0 aliphatic heterocycles. The number of esters is 1. The van der Waals surface area contributed by atoms with Crippen LogP contribution >= 0.6 is 0 Å². The number of nitrogens with zero attached hydrogens (tertiary/aromatic N) is 1. The van der Waals surface area contributed by atoms with Crippen LogP contribution in [0.5, 0.6) is 0 Å². The molecular weight excluding hydrogens is 311 g/mol. The molecule has 21 heavy (non-hydrogen) atoms. The van der Waals surface area contributed by atoms with Gasteiger partial charge in [-0.25, -0.2) is 9.10 Å². The van der Waals surface area contributed by atoms with Gasteiger partial charge in [0.05, 0.1) is 13.7 Å². The van der Waals surface area contributed by atoms with E-state index < -0.39 is 28.0 Å². The second-order valence-corrected chi connectivity index (χ2v) is 5.44. The van der Waals surface area contributed by atoms with Crippen LogP contribution in [0.4, 0.5) is 13.2 Å². The Morgan fingerprint density at radius 1 is 1.33 bits per heavy atom. The van der Waals surface area contributed by atoms with Crippen molar-refractivity contribution in [1.29, 1.82) is 0 Å². The first kappa shape index (κ1) is 18.9. The first-order valence-electron chi connectivity index (χ1n) is 5.35. The van der Waals surface area contributed by atoms with E-state index in [0.29, 0.717) is 0 Å². The van der Waals surface area contributed by atoms with Crippen molar-refractivity contribution in [3.8, 4) is 23.8 Å². The van der Waals surface area contributed by atoms with Crippen LogP contribution in [0.2, 0.25) is 0 Å². The third-order valence-electron chi connectivity index (χ3n) is 1.79. The van der Waals surface area contributed by atoms with Gasteiger partial charge in [-0.3, -0.25) is 0 Å². The molecular formula is C12H12F3NO4S. The highest BCUT2D eigenvalue weighted by Gasteiger charge is 2.49. The van der Waals surface area contributed by atoms with Crippen LogP contribution in [-0.4, -0.2) is 37.9 Å². The molecule has 0 spiro atoms. The maximum absolute atomic E-state index is 12.5. The lowest BCUT2D eigenvalue weighted by atomic mass is 10.4. The number of sulfonamides is 1. The van der Waals surface area contributed by atoms with E-state index >= 15 is 0 Å². The zero-order valence-corrected chi connectivity index (χ0v) is 12.1. The SMILES string of the molecule is C=C(C)C#CN(CCC#CC(=O)OC)S(=O)(=O)C(F)(F)F. The van der Waals surface area contributed by atoms with Crippen molar-refractivity contribution in [3.05, 3.63) is 12.2 Å². The monoisotopic (exact) mass is 323 g/mol. The zero-order valence-electron chi connectivity index (χ0n) is 11.2. The minimum Gasteiger partial charge on any atom is -0.459 e. The van der Waals surface area contributed by atoms with Gasteiger partial charge < -0.3 is 4.74 Å². The van der Waals surface area contributed by atoms with Crippen molar-refractivity contribution in [2.24, 2.45) is 0 Å². The van der Waals surface area contributed by atoms with Crippen LogP contribution in [0.15, 0.2) is 12.2 Å². The van der Waals surface area contributed by atoms with Gasteiger partial charge in [-0.1, -0.05) is 12.5 Å². The molecule has 0 aromatic carbocycles. The average molecular weight is 323 g/mol. The van der Waals surface area contributed by atoms with Crippen LogP contribution in [0.3, 0.4) is 0 Å². The van der Waals surface area contributed by atoms with Gasteiger partial charge in [0, 0.05) is 18.4 Å². The Labute approximate surface area is 120 Å². The lowest BCUT2D eigenvalue weighted by Gasteiger charge is -2.18. The van der Waals surface area contributed by atoms with E-state index in [0.717, 1.165) is 7.11 Å². The number of ether oxygens (including phenoxy) is 1. The van der Waals surface area contributed by atoms with Gasteiger partial charge in [-0.15, -0.1) is 0 Å². The number of hydrogen-bond acceptors (Lipinski definition) is 4. The van der Waals surface area contributed by atoms with Gasteiger partial charge in [-0.2, -0.15) is 21.6 Å². The van der Waals surface area contributed by atoms with Crippen molar-refractivity contribution in [2.75, 3.05) is 13.7 Å². The molecule has 0 saturated heterocycles. The predicted molar refractivity (Wildman–Crippen MR) is 68.7 cm³/mol. The van der Waals surface area contributed by atoms with Crippen LogP contribution in [0.1, 0.15) is 13.3 Å². The summed E-state index contributed by atoms with van der Waals surface area (Å²) in [7, 11) is -4.53. The fourth-order valence-electron chi connectivity index (χ4n) is 0.862. The molecule has 0 bridgehead atoms. The van der Waals surface area contributed by atoms with E-state index in [-0.39, 0.29) is 16.3 Å². The average Bonchev–Trinajstić information content (AvgIpc) is 2.35. The standard InChI is InChI=1S/C12H12F3NO4S/c1-10(2)7-9-16(21(18,19)12(13,14)15)8-5-4-6-11(17)20-3/h1,5,8H2,2-3H3. The summed E-state index contributed by atoms with van der Waals surface area (Å²) < 4.78 is 64.1. The van der Waals surface area contributed by atoms with Crippen LogP contribution < -0.4 is 0 Å². The number of alkyl halides is 3. The van der Waals surface area contributed by atoms with E-state index in [2.05, 4.69) is 23.2 Å². The molecule has 0 aliphatic rings. The van der Waals surface area contributed by atoms with Gasteiger partial charge in [0.15, 0.2) is 0 Å². The first-order chi connectivity index (χ1) is 9.52. The molecule has 0 aliphatic carbocycles. The maximum Gasteiger partial charge on any atom is 0.517 e. The topological polar surface area (TPSA) is 63.7 Å². The number of halogens is 3. The van der Waals surface area contributed by atoms with E-state index in [4.69, 9.17) is 0 Å². The van der Waals surface area contributed by atoms with Crippen LogP contribution in [0.25, 0.3) is 0 Å². The molecule has 0 saturated carbocycles. The van der Waals surface area contributed by atoms with E-state index in [1.54, 1.807) is 0 Å². The summed E-state index contributed by atoms with van der Waals surface area (Å²) >= 11 is 0. The molecule has 0 heterocycles. The van der Waals surface area contributed by atoms with Gasteiger partial charge >= 0.3 is 21.5 Å². The Kier molecular flexibility index (Phi) is 6.83. The number of hydrogen-bond donors (Lipinski definition) is 0. The molecule has 0 amide bonds. The maximum atomic E-state index is 12.5. The summed E-state index contributed by atoms with van der Waals surface area (Å²) in [6.07, 6.45) is -0.324. The lowest BCUT2D eigenvalue weighted by molar-refractivity contribution is -0.133. The molecule has 0 rings (SSSR count). The summed E-state index contributed by atoms with van der Waals surface area (Å²) in [6, 6.07) is 1.86. The van der Waals surface area contributed by atoms with Crippen molar-refractivity contribution < 1.29 is 31.1 Å². The molecule has 5 nitrogen and oxygen atoms in total. The fraction of sp³-hybridized carbons (Fsp3) is 0.417. The Hall–Kier alpha value is -2.13. The molecule has 0 aromatic rings. The summed E-state index contributed by atoms with van der Waals surface area (Å²) in [5, 5.41) is 0. The van der Waals surface area contributed by atoms with Crippen molar-refractivity contribution >= 4 is 16.0 Å². The quantitative estimate of drug-likeness (QED) is 0.339. The molecule has 0 radical (unpaired) electrons. The molecule has 116 valence electrons. The van der Waals surface area contributed by atoms with Crippen molar-refractivity contribution in [2.45, 2.75) is 18.9 Å². The second kappa shape index (κ2) is 7.60. The van der Waals surface area contributed by atoms with Gasteiger partial charge in [0.25, 0.3) is 0 Å². The molecule has 0 N–H and O–H groups in total. The Bertz CT molecular complexity index is 629. The van der Waals surface area contributed by atoms with Crippen LogP contribution in [-0.2, 0) is 19.6 Å². The minimum atomic E-state index is -5.61. The zero-order chi connectivity index (χ0) is 16.7. The van der Waals surface area contributed by atoms with Gasteiger partial charge in [0.1, 0.15) is 0 Å². The molecule has 0 unspecified atom stereocenters. The normalized spacial score (nSPS) is 10.5. The summed E-state index contributed by atoms with van der Waals surface area (Å²) in [6.45, 7) is 4.10. The molecule has 9 heteroatoms. The van der Waals surface area contributed by atoms with Crippen molar-refractivity contribution in [1.82, 2.24) is 4.31 Å². The Morgan fingerprint density at radius 2 is 1.90 bits per heavy atom. The van der Waals surface area contributed by atoms with E-state index in [1.165, 1.54) is 6.92 Å². The van der Waals surface area contributed by atoms with Gasteiger partial charge in [0.2, 0.25) is 0 Å². The number of carbonyl (C=O) groups is 1. The predicted octanol–water partition coefficient (Wildman–Crippen LogP) is 1.24. The highest BCUT2D eigenvalue weighted by Crippen LogP contribution is 2.26. The van der Waals surface area contributed by atoms with Gasteiger partial charge in [-0.05, 0) is 18.4 Å². The Balaban J connectivity index is 5.20. The third kappa shape index (κ3) is 6.23. The summed E-state index contributed by atoms with van der Waals surface area (Å²) in [5.41, 5.74) is -5.29. The second-order valence-electron chi connectivity index (χ2n) is 3.58. The summed E-state index contributed by atoms with van der Waals surface area (Å²) in [5.74, 6) is 5.42. The number of carbonyl (C=O) groups excluding carboxylic acids is 1. The van der Waals surface area contributed by atoms with Crippen LogP contribution in [0, 0.1) is 23.8 Å². The first-order valence-corrected chi connectivity index (χ1v) is 6.79.